The average Bonchev–Trinajstić information content (AvgIpc) is 2.52. The third kappa shape index (κ3) is 3.58. The summed E-state index contributed by atoms with van der Waals surface area (Å²) in [4.78, 5) is 26.3. The highest BCUT2D eigenvalue weighted by Gasteiger charge is 2.38. The predicted molar refractivity (Wildman–Crippen MR) is 87.5 cm³/mol. The van der Waals surface area contributed by atoms with Gasteiger partial charge in [-0.3, -0.25) is 9.59 Å². The van der Waals surface area contributed by atoms with E-state index >= 15 is 0 Å². The molecule has 0 aromatic heterocycles. The molecule has 0 spiro atoms. The fraction of sp³-hybridized carbons (Fsp3) is 0.467. The smallest absolute Gasteiger partial charge is 0.250 e. The van der Waals surface area contributed by atoms with Crippen molar-refractivity contribution in [3.05, 3.63) is 27.7 Å². The maximum absolute atomic E-state index is 12.8. The lowest BCUT2D eigenvalue weighted by Gasteiger charge is -2.32. The summed E-state index contributed by atoms with van der Waals surface area (Å²) in [6.45, 7) is 6.17. The third-order valence-corrected chi connectivity index (χ3v) is 4.69. The van der Waals surface area contributed by atoms with Crippen molar-refractivity contribution in [1.82, 2.24) is 5.32 Å². The third-order valence-electron chi connectivity index (χ3n) is 3.46. The highest BCUT2D eigenvalue weighted by atomic mass is 79.9. The van der Waals surface area contributed by atoms with Gasteiger partial charge in [0.2, 0.25) is 11.8 Å². The second kappa shape index (κ2) is 5.97. The van der Waals surface area contributed by atoms with Crippen molar-refractivity contribution < 1.29 is 9.59 Å². The van der Waals surface area contributed by atoms with Crippen LogP contribution in [0.4, 0.5) is 5.69 Å². The minimum absolute atomic E-state index is 0.103. The molecule has 0 aliphatic carbocycles. The molecule has 1 aromatic carbocycles. The Hall–Kier alpha value is -1.07. The van der Waals surface area contributed by atoms with E-state index < -0.39 is 6.04 Å². The Bertz CT molecular complexity index is 584. The lowest BCUT2D eigenvalue weighted by atomic mass is 9.86. The van der Waals surface area contributed by atoms with Gasteiger partial charge in [-0.05, 0) is 39.5 Å². The van der Waals surface area contributed by atoms with Gasteiger partial charge in [0.15, 0.2) is 0 Å². The van der Waals surface area contributed by atoms with Gasteiger partial charge >= 0.3 is 0 Å². The van der Waals surface area contributed by atoms with Crippen LogP contribution in [0.5, 0.6) is 0 Å². The van der Waals surface area contributed by atoms with Crippen LogP contribution in [0.1, 0.15) is 27.2 Å². The molecule has 0 saturated carbocycles. The number of hydrogen-bond acceptors (Lipinski definition) is 2. The number of benzene rings is 1. The number of amides is 2. The predicted octanol–water partition coefficient (Wildman–Crippen LogP) is 3.37. The second-order valence-corrected chi connectivity index (χ2v) is 7.47. The topological polar surface area (TPSA) is 49.4 Å². The molecule has 1 atom stereocenters. The molecule has 1 heterocycles. The molecule has 0 radical (unpaired) electrons. The summed E-state index contributed by atoms with van der Waals surface area (Å²) >= 11 is 9.44. The van der Waals surface area contributed by atoms with E-state index in [1.807, 2.05) is 26.8 Å². The molecule has 1 fully saturated rings. The van der Waals surface area contributed by atoms with Gasteiger partial charge in [0.25, 0.3) is 0 Å². The average molecular weight is 374 g/mol. The van der Waals surface area contributed by atoms with Gasteiger partial charge < -0.3 is 10.2 Å². The second-order valence-electron chi connectivity index (χ2n) is 6.20. The quantitative estimate of drug-likeness (QED) is 0.820. The van der Waals surface area contributed by atoms with Crippen molar-refractivity contribution in [2.24, 2.45) is 5.41 Å². The number of carbonyl (C=O) groups is 2. The molecule has 2 amide bonds. The van der Waals surface area contributed by atoms with E-state index in [0.29, 0.717) is 17.3 Å². The van der Waals surface area contributed by atoms with Crippen LogP contribution in [0.15, 0.2) is 22.7 Å². The van der Waals surface area contributed by atoms with Gasteiger partial charge in [-0.25, -0.2) is 0 Å². The lowest BCUT2D eigenvalue weighted by molar-refractivity contribution is -0.127. The van der Waals surface area contributed by atoms with Gasteiger partial charge in [-0.15, -0.1) is 0 Å². The number of nitrogens with zero attached hydrogens (tertiary/aromatic N) is 1. The zero-order valence-corrected chi connectivity index (χ0v) is 14.6. The minimum Gasteiger partial charge on any atom is -0.344 e. The molecular formula is C15H18BrClN2O2. The molecule has 1 aromatic rings. The van der Waals surface area contributed by atoms with E-state index in [9.17, 15) is 9.59 Å². The molecule has 1 aliphatic rings. The van der Waals surface area contributed by atoms with Crippen molar-refractivity contribution in [1.29, 1.82) is 0 Å². The zero-order valence-electron chi connectivity index (χ0n) is 12.2. The van der Waals surface area contributed by atoms with E-state index in [-0.39, 0.29) is 23.7 Å². The van der Waals surface area contributed by atoms with Crippen LogP contribution in [-0.4, -0.2) is 24.4 Å². The molecule has 1 unspecified atom stereocenters. The van der Waals surface area contributed by atoms with Gasteiger partial charge in [0, 0.05) is 23.1 Å². The maximum atomic E-state index is 12.8. The number of rotatable bonds is 1. The standard InChI is InChI=1S/C15H18BrClN2O2/c1-15(2,3)13-14(21)19(7-6-12(20)18-13)9-4-5-10(16)11(17)8-9/h4-5,8,13H,6-7H2,1-3H3,(H,18,20). The highest BCUT2D eigenvalue weighted by molar-refractivity contribution is 9.10. The SMILES string of the molecule is CC(C)(C)C1NC(=O)CCN(c2ccc(Br)c(Cl)c2)C1=O. The molecule has 6 heteroatoms. The van der Waals surface area contributed by atoms with Crippen molar-refractivity contribution >= 4 is 45.0 Å². The van der Waals surface area contributed by atoms with Crippen LogP contribution < -0.4 is 10.2 Å². The first kappa shape index (κ1) is 16.3. The molecule has 21 heavy (non-hydrogen) atoms. The van der Waals surface area contributed by atoms with Gasteiger partial charge in [-0.2, -0.15) is 0 Å². The van der Waals surface area contributed by atoms with Gasteiger partial charge in [-0.1, -0.05) is 32.4 Å². The van der Waals surface area contributed by atoms with E-state index in [4.69, 9.17) is 11.6 Å². The van der Waals surface area contributed by atoms with Gasteiger partial charge in [0.05, 0.1) is 5.02 Å². The summed E-state index contributed by atoms with van der Waals surface area (Å²) in [6.07, 6.45) is 0.284. The molecule has 1 N–H and O–H groups in total. The van der Waals surface area contributed by atoms with Crippen molar-refractivity contribution in [3.8, 4) is 0 Å². The fourth-order valence-electron chi connectivity index (χ4n) is 2.27. The van der Waals surface area contributed by atoms with E-state index in [1.54, 1.807) is 17.0 Å². The molecule has 2 rings (SSSR count). The van der Waals surface area contributed by atoms with Crippen LogP contribution in [0.25, 0.3) is 0 Å². The Balaban J connectivity index is 2.39. The number of hydrogen-bond donors (Lipinski definition) is 1. The summed E-state index contributed by atoms with van der Waals surface area (Å²) in [6, 6.07) is 4.81. The number of nitrogens with one attached hydrogen (secondary N) is 1. The Morgan fingerprint density at radius 2 is 2.00 bits per heavy atom. The molecule has 1 saturated heterocycles. The number of anilines is 1. The van der Waals surface area contributed by atoms with Crippen LogP contribution >= 0.6 is 27.5 Å². The lowest BCUT2D eigenvalue weighted by Crippen LogP contribution is -2.52. The summed E-state index contributed by atoms with van der Waals surface area (Å²) in [5.41, 5.74) is 0.355. The number of carbonyl (C=O) groups excluding carboxylic acids is 2. The maximum Gasteiger partial charge on any atom is 0.250 e. The fourth-order valence-corrected chi connectivity index (χ4v) is 2.69. The first-order valence-electron chi connectivity index (χ1n) is 6.76. The Kier molecular flexibility index (Phi) is 4.63. The first-order chi connectivity index (χ1) is 9.70. The van der Waals surface area contributed by atoms with Crippen LogP contribution in [-0.2, 0) is 9.59 Å². The monoisotopic (exact) mass is 372 g/mol. The number of halogens is 2. The molecule has 4 nitrogen and oxygen atoms in total. The molecular weight excluding hydrogens is 356 g/mol. The van der Waals surface area contributed by atoms with Crippen molar-refractivity contribution in [2.45, 2.75) is 33.2 Å². The summed E-state index contributed by atoms with van der Waals surface area (Å²) in [5.74, 6) is -0.208. The van der Waals surface area contributed by atoms with E-state index in [0.717, 1.165) is 4.47 Å². The summed E-state index contributed by atoms with van der Waals surface area (Å²) in [5, 5.41) is 3.36. The largest absolute Gasteiger partial charge is 0.344 e. The molecule has 0 bridgehead atoms. The summed E-state index contributed by atoms with van der Waals surface area (Å²) in [7, 11) is 0. The molecule has 114 valence electrons. The van der Waals surface area contributed by atoms with E-state index in [2.05, 4.69) is 21.2 Å². The molecule has 1 aliphatic heterocycles. The zero-order chi connectivity index (χ0) is 15.8. The van der Waals surface area contributed by atoms with Crippen molar-refractivity contribution in [2.75, 3.05) is 11.4 Å². The highest BCUT2D eigenvalue weighted by Crippen LogP contribution is 2.30. The van der Waals surface area contributed by atoms with Crippen LogP contribution in [0, 0.1) is 5.41 Å². The first-order valence-corrected chi connectivity index (χ1v) is 7.93. The minimum atomic E-state index is -0.546. The van der Waals surface area contributed by atoms with Crippen LogP contribution in [0.3, 0.4) is 0 Å². The van der Waals surface area contributed by atoms with Crippen molar-refractivity contribution in [3.63, 3.8) is 0 Å². The van der Waals surface area contributed by atoms with E-state index in [1.165, 1.54) is 0 Å². The summed E-state index contributed by atoms with van der Waals surface area (Å²) < 4.78 is 0.775. The Morgan fingerprint density at radius 1 is 1.33 bits per heavy atom. The normalized spacial score (nSPS) is 20.2. The Morgan fingerprint density at radius 3 is 2.57 bits per heavy atom. The van der Waals surface area contributed by atoms with Gasteiger partial charge in [0.1, 0.15) is 6.04 Å². The van der Waals surface area contributed by atoms with Crippen LogP contribution in [0.2, 0.25) is 5.02 Å². The Labute approximate surface area is 138 Å².